The fourth-order valence-electron chi connectivity index (χ4n) is 2.08. The molecule has 1 atom stereocenters. The highest BCUT2D eigenvalue weighted by Gasteiger charge is 2.09. The minimum atomic E-state index is 0.203. The summed E-state index contributed by atoms with van der Waals surface area (Å²) in [4.78, 5) is 0. The Morgan fingerprint density at radius 3 is 2.75 bits per heavy atom. The van der Waals surface area contributed by atoms with Crippen molar-refractivity contribution in [3.05, 3.63) is 51.8 Å². The molecule has 0 bridgehead atoms. The summed E-state index contributed by atoms with van der Waals surface area (Å²) in [5.74, 6) is 0. The summed E-state index contributed by atoms with van der Waals surface area (Å²) in [6, 6.07) is 7.98. The summed E-state index contributed by atoms with van der Waals surface area (Å²) in [5, 5.41) is 8.98. The van der Waals surface area contributed by atoms with Crippen LogP contribution < -0.4 is 5.32 Å². The monoisotopic (exact) mass is 311 g/mol. The van der Waals surface area contributed by atoms with Crippen molar-refractivity contribution < 1.29 is 0 Å². The lowest BCUT2D eigenvalue weighted by atomic mass is 10.1. The van der Waals surface area contributed by atoms with Gasteiger partial charge in [-0.2, -0.15) is 5.10 Å². The van der Waals surface area contributed by atoms with Crippen molar-refractivity contribution >= 4 is 23.2 Å². The van der Waals surface area contributed by atoms with Crippen LogP contribution in [0.2, 0.25) is 10.0 Å². The number of aromatic nitrogens is 2. The molecule has 0 spiro atoms. The van der Waals surface area contributed by atoms with Crippen molar-refractivity contribution in [1.29, 1.82) is 0 Å². The first-order valence-corrected chi connectivity index (χ1v) is 7.56. The van der Waals surface area contributed by atoms with Crippen LogP contribution in [-0.4, -0.2) is 9.78 Å². The minimum Gasteiger partial charge on any atom is -0.305 e. The molecule has 1 unspecified atom stereocenters. The van der Waals surface area contributed by atoms with Gasteiger partial charge in [0.05, 0.1) is 15.7 Å². The van der Waals surface area contributed by atoms with Crippen molar-refractivity contribution in [2.45, 2.75) is 39.4 Å². The summed E-state index contributed by atoms with van der Waals surface area (Å²) in [5.41, 5.74) is 2.32. The van der Waals surface area contributed by atoms with Crippen LogP contribution in [0, 0.1) is 0 Å². The number of benzene rings is 1. The lowest BCUT2D eigenvalue weighted by molar-refractivity contribution is 0.517. The van der Waals surface area contributed by atoms with E-state index in [4.69, 9.17) is 23.2 Å². The molecule has 0 aliphatic rings. The third-order valence-corrected chi connectivity index (χ3v) is 4.01. The van der Waals surface area contributed by atoms with Crippen LogP contribution in [-0.2, 0) is 13.1 Å². The highest BCUT2D eigenvalue weighted by molar-refractivity contribution is 6.42. The van der Waals surface area contributed by atoms with Gasteiger partial charge in [0.15, 0.2) is 0 Å². The molecule has 0 fully saturated rings. The molecule has 2 rings (SSSR count). The maximum absolute atomic E-state index is 6.05. The molecule has 3 nitrogen and oxygen atoms in total. The SMILES string of the molecule is CCCn1nccc1CNC(C)c1ccc(Cl)c(Cl)c1. The van der Waals surface area contributed by atoms with E-state index in [0.29, 0.717) is 10.0 Å². The number of nitrogens with one attached hydrogen (secondary N) is 1. The predicted octanol–water partition coefficient (Wildman–Crippen LogP) is 4.45. The number of aryl methyl sites for hydroxylation is 1. The fourth-order valence-corrected chi connectivity index (χ4v) is 2.39. The molecule has 1 aromatic heterocycles. The third kappa shape index (κ3) is 3.75. The van der Waals surface area contributed by atoms with Gasteiger partial charge in [-0.15, -0.1) is 0 Å². The smallest absolute Gasteiger partial charge is 0.0595 e. The summed E-state index contributed by atoms with van der Waals surface area (Å²) >= 11 is 12.0. The van der Waals surface area contributed by atoms with E-state index in [-0.39, 0.29) is 6.04 Å². The number of rotatable bonds is 6. The molecule has 0 aliphatic carbocycles. The Balaban J connectivity index is 1.99. The molecule has 1 N–H and O–H groups in total. The molecule has 0 saturated heterocycles. The van der Waals surface area contributed by atoms with Gasteiger partial charge >= 0.3 is 0 Å². The van der Waals surface area contributed by atoms with Crippen LogP contribution in [0.25, 0.3) is 0 Å². The van der Waals surface area contributed by atoms with Crippen LogP contribution in [0.3, 0.4) is 0 Å². The summed E-state index contributed by atoms with van der Waals surface area (Å²) in [7, 11) is 0. The first kappa shape index (κ1) is 15.4. The van der Waals surface area contributed by atoms with Crippen molar-refractivity contribution in [3.63, 3.8) is 0 Å². The molecule has 2 aromatic rings. The van der Waals surface area contributed by atoms with Gasteiger partial charge in [0.25, 0.3) is 0 Å². The predicted molar refractivity (Wildman–Crippen MR) is 84.2 cm³/mol. The van der Waals surface area contributed by atoms with Gasteiger partial charge in [-0.05, 0) is 37.1 Å². The zero-order chi connectivity index (χ0) is 14.5. The van der Waals surface area contributed by atoms with E-state index in [1.165, 1.54) is 5.69 Å². The molecular formula is C15H19Cl2N3. The Kier molecular flexibility index (Phi) is 5.46. The molecule has 0 radical (unpaired) electrons. The lowest BCUT2D eigenvalue weighted by Crippen LogP contribution is -2.20. The average molecular weight is 312 g/mol. The number of nitrogens with zero attached hydrogens (tertiary/aromatic N) is 2. The zero-order valence-corrected chi connectivity index (χ0v) is 13.2. The van der Waals surface area contributed by atoms with Crippen LogP contribution in [0.1, 0.15) is 37.6 Å². The molecule has 1 aromatic carbocycles. The van der Waals surface area contributed by atoms with Crippen molar-refractivity contribution in [3.8, 4) is 0 Å². The normalized spacial score (nSPS) is 12.6. The van der Waals surface area contributed by atoms with E-state index in [0.717, 1.165) is 25.1 Å². The largest absolute Gasteiger partial charge is 0.305 e. The summed E-state index contributed by atoms with van der Waals surface area (Å²) < 4.78 is 2.04. The Morgan fingerprint density at radius 1 is 1.25 bits per heavy atom. The van der Waals surface area contributed by atoms with Gasteiger partial charge in [0.2, 0.25) is 0 Å². The van der Waals surface area contributed by atoms with Gasteiger partial charge in [-0.3, -0.25) is 4.68 Å². The van der Waals surface area contributed by atoms with Gasteiger partial charge in [-0.25, -0.2) is 0 Å². The molecule has 0 aliphatic heterocycles. The topological polar surface area (TPSA) is 29.9 Å². The van der Waals surface area contributed by atoms with E-state index in [1.807, 2.05) is 35.1 Å². The molecule has 0 saturated carbocycles. The first-order valence-electron chi connectivity index (χ1n) is 6.80. The van der Waals surface area contributed by atoms with E-state index < -0.39 is 0 Å². The van der Waals surface area contributed by atoms with Crippen molar-refractivity contribution in [2.24, 2.45) is 0 Å². The van der Waals surface area contributed by atoms with Gasteiger partial charge < -0.3 is 5.32 Å². The number of halogens is 2. The molecule has 20 heavy (non-hydrogen) atoms. The average Bonchev–Trinajstić information content (AvgIpc) is 2.87. The second-order valence-corrected chi connectivity index (χ2v) is 5.64. The van der Waals surface area contributed by atoms with E-state index >= 15 is 0 Å². The minimum absolute atomic E-state index is 0.203. The first-order chi connectivity index (χ1) is 9.61. The summed E-state index contributed by atoms with van der Waals surface area (Å²) in [6.07, 6.45) is 2.92. The van der Waals surface area contributed by atoms with Crippen molar-refractivity contribution in [1.82, 2.24) is 15.1 Å². The van der Waals surface area contributed by atoms with Crippen LogP contribution in [0.5, 0.6) is 0 Å². The molecule has 5 heteroatoms. The van der Waals surface area contributed by atoms with E-state index in [2.05, 4.69) is 24.3 Å². The Bertz CT molecular complexity index is 566. The molecular weight excluding hydrogens is 293 g/mol. The lowest BCUT2D eigenvalue weighted by Gasteiger charge is -2.15. The third-order valence-electron chi connectivity index (χ3n) is 3.27. The maximum atomic E-state index is 6.05. The Morgan fingerprint density at radius 2 is 2.05 bits per heavy atom. The number of hydrogen-bond acceptors (Lipinski definition) is 2. The van der Waals surface area contributed by atoms with Crippen molar-refractivity contribution in [2.75, 3.05) is 0 Å². The van der Waals surface area contributed by atoms with Gasteiger partial charge in [0.1, 0.15) is 0 Å². The number of hydrogen-bond donors (Lipinski definition) is 1. The second-order valence-electron chi connectivity index (χ2n) is 4.82. The highest BCUT2D eigenvalue weighted by atomic mass is 35.5. The maximum Gasteiger partial charge on any atom is 0.0595 e. The molecule has 0 amide bonds. The second kappa shape index (κ2) is 7.11. The Hall–Kier alpha value is -1.03. The van der Waals surface area contributed by atoms with E-state index in [1.54, 1.807) is 0 Å². The standard InChI is InChI=1S/C15H19Cl2N3/c1-3-8-20-13(6-7-19-20)10-18-11(2)12-4-5-14(16)15(17)9-12/h4-7,9,11,18H,3,8,10H2,1-2H3. The quantitative estimate of drug-likeness (QED) is 0.854. The zero-order valence-electron chi connectivity index (χ0n) is 11.7. The van der Waals surface area contributed by atoms with E-state index in [9.17, 15) is 0 Å². The molecule has 108 valence electrons. The fraction of sp³-hybridized carbons (Fsp3) is 0.400. The summed E-state index contributed by atoms with van der Waals surface area (Å²) in [6.45, 7) is 5.99. The van der Waals surface area contributed by atoms with Gasteiger partial charge in [-0.1, -0.05) is 36.2 Å². The Labute approximate surface area is 129 Å². The van der Waals surface area contributed by atoms with Crippen LogP contribution >= 0.6 is 23.2 Å². The van der Waals surface area contributed by atoms with Crippen LogP contribution in [0.15, 0.2) is 30.5 Å². The van der Waals surface area contributed by atoms with Crippen LogP contribution in [0.4, 0.5) is 0 Å². The molecule has 1 heterocycles. The highest BCUT2D eigenvalue weighted by Crippen LogP contribution is 2.25. The van der Waals surface area contributed by atoms with Gasteiger partial charge in [0, 0.05) is 25.3 Å².